The van der Waals surface area contributed by atoms with Crippen molar-refractivity contribution in [1.29, 1.82) is 0 Å². The highest BCUT2D eigenvalue weighted by Crippen LogP contribution is 2.24. The molecule has 0 aliphatic carbocycles. The topological polar surface area (TPSA) is 0 Å². The van der Waals surface area contributed by atoms with Crippen LogP contribution < -0.4 is 0 Å². The Morgan fingerprint density at radius 1 is 1.00 bits per heavy atom. The fourth-order valence-electron chi connectivity index (χ4n) is 1.99. The van der Waals surface area contributed by atoms with Gasteiger partial charge in [-0.2, -0.15) is 0 Å². The quantitative estimate of drug-likeness (QED) is 0.666. The number of benzene rings is 2. The molecule has 2 aromatic carbocycles. The Balaban J connectivity index is 2.20. The van der Waals surface area contributed by atoms with Crippen molar-refractivity contribution in [2.24, 2.45) is 0 Å². The zero-order chi connectivity index (χ0) is 13.7. The van der Waals surface area contributed by atoms with Gasteiger partial charge in [-0.15, -0.1) is 0 Å². The molecule has 98 valence electrons. The van der Waals surface area contributed by atoms with Crippen LogP contribution in [0.15, 0.2) is 54.6 Å². The van der Waals surface area contributed by atoms with Crippen LogP contribution in [0.25, 0.3) is 11.1 Å². The average molecular weight is 258 g/mol. The zero-order valence-electron chi connectivity index (χ0n) is 10.9. The lowest BCUT2D eigenvalue weighted by Gasteiger charge is -2.05. The Hall–Kier alpha value is -1.96. The van der Waals surface area contributed by atoms with E-state index >= 15 is 0 Å². The van der Waals surface area contributed by atoms with Crippen LogP contribution in [-0.2, 0) is 6.42 Å². The minimum Gasteiger partial charge on any atom is -0.204 e. The van der Waals surface area contributed by atoms with Gasteiger partial charge in [-0.3, -0.25) is 0 Å². The fourth-order valence-corrected chi connectivity index (χ4v) is 1.99. The second-order valence-corrected chi connectivity index (χ2v) is 4.41. The summed E-state index contributed by atoms with van der Waals surface area (Å²) in [7, 11) is 0. The summed E-state index contributed by atoms with van der Waals surface area (Å²) < 4.78 is 26.8. The molecule has 0 atom stereocenters. The van der Waals surface area contributed by atoms with Crippen LogP contribution in [0, 0.1) is 11.6 Å². The molecule has 2 rings (SSSR count). The number of allylic oxidation sites excluding steroid dienone is 2. The average Bonchev–Trinajstić information content (AvgIpc) is 2.43. The summed E-state index contributed by atoms with van der Waals surface area (Å²) in [6.45, 7) is 2.00. The Kier molecular flexibility index (Phi) is 4.45. The van der Waals surface area contributed by atoms with E-state index in [9.17, 15) is 8.78 Å². The molecule has 0 fully saturated rings. The summed E-state index contributed by atoms with van der Waals surface area (Å²) in [6.07, 6.45) is 6.08. The summed E-state index contributed by atoms with van der Waals surface area (Å²) in [5, 5.41) is 0. The van der Waals surface area contributed by atoms with Gasteiger partial charge >= 0.3 is 0 Å². The molecular weight excluding hydrogens is 242 g/mol. The van der Waals surface area contributed by atoms with Gasteiger partial charge in [0.2, 0.25) is 0 Å². The maximum atomic E-state index is 13.7. The van der Waals surface area contributed by atoms with Gasteiger partial charge in [0, 0.05) is 5.56 Å². The zero-order valence-corrected chi connectivity index (χ0v) is 10.9. The maximum Gasteiger partial charge on any atom is 0.166 e. The van der Waals surface area contributed by atoms with Gasteiger partial charge in [-0.25, -0.2) is 8.78 Å². The molecule has 0 saturated carbocycles. The number of halogens is 2. The first-order chi connectivity index (χ1) is 9.22. The number of rotatable bonds is 4. The van der Waals surface area contributed by atoms with Crippen LogP contribution in [0.5, 0.6) is 0 Å². The first kappa shape index (κ1) is 13.5. The Morgan fingerprint density at radius 3 is 2.42 bits per heavy atom. The highest BCUT2D eigenvalue weighted by molar-refractivity contribution is 5.64. The van der Waals surface area contributed by atoms with Crippen molar-refractivity contribution >= 4 is 0 Å². The van der Waals surface area contributed by atoms with E-state index in [1.165, 1.54) is 11.6 Å². The molecule has 0 bridgehead atoms. The Morgan fingerprint density at radius 2 is 1.74 bits per heavy atom. The monoisotopic (exact) mass is 258 g/mol. The third-order valence-electron chi connectivity index (χ3n) is 3.05. The second-order valence-electron chi connectivity index (χ2n) is 4.41. The third kappa shape index (κ3) is 3.28. The summed E-state index contributed by atoms with van der Waals surface area (Å²) in [5.41, 5.74) is 2.20. The van der Waals surface area contributed by atoms with E-state index in [1.807, 2.05) is 37.3 Å². The Labute approximate surface area is 112 Å². The van der Waals surface area contributed by atoms with Crippen molar-refractivity contribution < 1.29 is 8.78 Å². The van der Waals surface area contributed by atoms with Gasteiger partial charge < -0.3 is 0 Å². The molecule has 0 nitrogen and oxygen atoms in total. The third-order valence-corrected chi connectivity index (χ3v) is 3.05. The van der Waals surface area contributed by atoms with Gasteiger partial charge in [0.15, 0.2) is 11.6 Å². The van der Waals surface area contributed by atoms with Crippen LogP contribution in [-0.4, -0.2) is 0 Å². The minimum absolute atomic E-state index is 0.306. The predicted octanol–water partition coefficient (Wildman–Crippen LogP) is 5.14. The lowest BCUT2D eigenvalue weighted by Crippen LogP contribution is -1.90. The SMILES string of the molecule is CC=CCCc1ccc(-c2cccc(F)c2F)cc1. The van der Waals surface area contributed by atoms with Crippen molar-refractivity contribution in [3.05, 3.63) is 71.8 Å². The van der Waals surface area contributed by atoms with Crippen molar-refractivity contribution in [2.45, 2.75) is 19.8 Å². The van der Waals surface area contributed by atoms with Crippen LogP contribution in [0.3, 0.4) is 0 Å². The van der Waals surface area contributed by atoms with E-state index in [4.69, 9.17) is 0 Å². The van der Waals surface area contributed by atoms with Crippen LogP contribution in [0.1, 0.15) is 18.9 Å². The van der Waals surface area contributed by atoms with Crippen molar-refractivity contribution in [1.82, 2.24) is 0 Å². The molecule has 0 radical (unpaired) electrons. The normalized spacial score (nSPS) is 11.1. The Bertz CT molecular complexity index is 568. The van der Waals surface area contributed by atoms with Gasteiger partial charge in [-0.1, -0.05) is 48.6 Å². The summed E-state index contributed by atoms with van der Waals surface area (Å²) in [4.78, 5) is 0. The molecule has 19 heavy (non-hydrogen) atoms. The molecule has 0 aliphatic heterocycles. The van der Waals surface area contributed by atoms with E-state index in [0.717, 1.165) is 18.9 Å². The summed E-state index contributed by atoms with van der Waals surface area (Å²) >= 11 is 0. The van der Waals surface area contributed by atoms with Crippen LogP contribution >= 0.6 is 0 Å². The number of hydrogen-bond donors (Lipinski definition) is 0. The molecule has 0 aliphatic rings. The van der Waals surface area contributed by atoms with E-state index < -0.39 is 11.6 Å². The van der Waals surface area contributed by atoms with Gasteiger partial charge in [-0.05, 0) is 37.0 Å². The molecular formula is C17H16F2. The molecule has 2 aromatic rings. The molecule has 0 unspecified atom stereocenters. The highest BCUT2D eigenvalue weighted by Gasteiger charge is 2.09. The molecule has 0 saturated heterocycles. The summed E-state index contributed by atoms with van der Waals surface area (Å²) in [6, 6.07) is 11.8. The van der Waals surface area contributed by atoms with E-state index in [-0.39, 0.29) is 0 Å². The lowest BCUT2D eigenvalue weighted by atomic mass is 10.0. The van der Waals surface area contributed by atoms with E-state index in [0.29, 0.717) is 11.1 Å². The standard InChI is InChI=1S/C17H16F2/c1-2-3-4-6-13-9-11-14(12-10-13)15-7-5-8-16(18)17(15)19/h2-3,5,7-12H,4,6H2,1H3. The first-order valence-corrected chi connectivity index (χ1v) is 6.37. The molecule has 0 N–H and O–H groups in total. The largest absolute Gasteiger partial charge is 0.204 e. The summed E-state index contributed by atoms with van der Waals surface area (Å²) in [5.74, 6) is -1.60. The number of aryl methyl sites for hydroxylation is 1. The first-order valence-electron chi connectivity index (χ1n) is 6.37. The molecule has 0 amide bonds. The van der Waals surface area contributed by atoms with Gasteiger partial charge in [0.1, 0.15) is 0 Å². The maximum absolute atomic E-state index is 13.7. The van der Waals surface area contributed by atoms with E-state index in [2.05, 4.69) is 6.08 Å². The van der Waals surface area contributed by atoms with Crippen LogP contribution in [0.4, 0.5) is 8.78 Å². The molecule has 0 heterocycles. The smallest absolute Gasteiger partial charge is 0.166 e. The van der Waals surface area contributed by atoms with Crippen LogP contribution in [0.2, 0.25) is 0 Å². The van der Waals surface area contributed by atoms with Crippen molar-refractivity contribution in [2.75, 3.05) is 0 Å². The molecule has 2 heteroatoms. The van der Waals surface area contributed by atoms with Crippen molar-refractivity contribution in [3.63, 3.8) is 0 Å². The van der Waals surface area contributed by atoms with E-state index in [1.54, 1.807) is 6.07 Å². The predicted molar refractivity (Wildman–Crippen MR) is 74.9 cm³/mol. The fraction of sp³-hybridized carbons (Fsp3) is 0.176. The minimum atomic E-state index is -0.811. The molecule has 0 spiro atoms. The lowest BCUT2D eigenvalue weighted by molar-refractivity contribution is 0.511. The number of hydrogen-bond acceptors (Lipinski definition) is 0. The highest BCUT2D eigenvalue weighted by atomic mass is 19.2. The van der Waals surface area contributed by atoms with Gasteiger partial charge in [0.05, 0.1) is 0 Å². The van der Waals surface area contributed by atoms with Crippen molar-refractivity contribution in [3.8, 4) is 11.1 Å². The van der Waals surface area contributed by atoms with Gasteiger partial charge in [0.25, 0.3) is 0 Å². The molecule has 0 aromatic heterocycles. The second kappa shape index (κ2) is 6.28.